The summed E-state index contributed by atoms with van der Waals surface area (Å²) in [6, 6.07) is 0. The second kappa shape index (κ2) is 7.06. The highest BCUT2D eigenvalue weighted by Gasteiger charge is 2.73. The van der Waals surface area contributed by atoms with Gasteiger partial charge in [-0.25, -0.2) is 0 Å². The van der Waals surface area contributed by atoms with E-state index in [0.29, 0.717) is 42.5 Å². The van der Waals surface area contributed by atoms with Crippen molar-refractivity contribution in [2.75, 3.05) is 6.61 Å². The molecule has 0 radical (unpaired) electrons. The van der Waals surface area contributed by atoms with Crippen LogP contribution in [-0.4, -0.2) is 35.4 Å². The number of rotatable bonds is 1. The van der Waals surface area contributed by atoms with Gasteiger partial charge in [-0.2, -0.15) is 0 Å². The van der Waals surface area contributed by atoms with Crippen molar-refractivity contribution in [3.63, 3.8) is 0 Å². The van der Waals surface area contributed by atoms with Crippen LogP contribution in [0.4, 0.5) is 0 Å². The molecule has 5 aliphatic rings. The summed E-state index contributed by atoms with van der Waals surface area (Å²) in [5, 5.41) is 11.1. The normalized spacial score (nSPS) is 55.1. The van der Waals surface area contributed by atoms with E-state index < -0.39 is 17.3 Å². The van der Waals surface area contributed by atoms with Gasteiger partial charge in [0.05, 0.1) is 12.5 Å². The van der Waals surface area contributed by atoms with Crippen LogP contribution in [0.15, 0.2) is 0 Å². The molecule has 10 atom stereocenters. The first kappa shape index (κ1) is 23.8. The highest BCUT2D eigenvalue weighted by molar-refractivity contribution is 5.87. The molecule has 0 aromatic rings. The number of aliphatic hydroxyl groups is 1. The van der Waals surface area contributed by atoms with Crippen molar-refractivity contribution in [1.82, 2.24) is 0 Å². The molecule has 0 aromatic heterocycles. The maximum absolute atomic E-state index is 14.2. The molecule has 0 unspecified atom stereocenters. The summed E-state index contributed by atoms with van der Waals surface area (Å²) in [5.74, 6) is -0.732. The molecule has 5 heteroatoms. The monoisotopic (exact) mass is 460 g/mol. The van der Waals surface area contributed by atoms with E-state index in [0.717, 1.165) is 6.42 Å². The summed E-state index contributed by atoms with van der Waals surface area (Å²) in [4.78, 5) is 26.2. The van der Waals surface area contributed by atoms with Crippen LogP contribution in [0.25, 0.3) is 0 Å². The fourth-order valence-corrected chi connectivity index (χ4v) is 10.5. The largest absolute Gasteiger partial charge is 0.462 e. The third-order valence-electron chi connectivity index (χ3n) is 11.9. The first-order valence-corrected chi connectivity index (χ1v) is 13.2. The lowest BCUT2D eigenvalue weighted by atomic mass is 9.34. The van der Waals surface area contributed by atoms with Gasteiger partial charge >= 0.3 is 5.97 Å². The number of esters is 1. The molecule has 0 spiro atoms. The van der Waals surface area contributed by atoms with Gasteiger partial charge in [0.2, 0.25) is 0 Å². The van der Waals surface area contributed by atoms with Crippen molar-refractivity contribution in [2.24, 2.45) is 51.2 Å². The van der Waals surface area contributed by atoms with E-state index in [2.05, 4.69) is 34.6 Å². The Kier molecular flexibility index (Phi) is 5.09. The average Bonchev–Trinajstić information content (AvgIpc) is 3.01. The lowest BCUT2D eigenvalue weighted by Crippen LogP contribution is -2.68. The SMILES string of the molecule is CC(=O)O[C@H]1C[C@@H]2[C@]3(C)CC[C@@H]4C(C)(C)CCC[C@]4(C)[C@@H]3CC(=O)[C@]2(C)[C@H]2CO[C@@](C)(O)[C@H]12. The minimum Gasteiger partial charge on any atom is -0.462 e. The van der Waals surface area contributed by atoms with Crippen LogP contribution in [0, 0.1) is 51.2 Å². The number of Topliss-reactive ketones (excluding diaryl/α,β-unsaturated/α-hetero) is 1. The molecule has 186 valence electrons. The van der Waals surface area contributed by atoms with Crippen LogP contribution in [0.2, 0.25) is 0 Å². The zero-order valence-corrected chi connectivity index (χ0v) is 21.7. The Labute approximate surface area is 199 Å². The van der Waals surface area contributed by atoms with Crippen molar-refractivity contribution in [1.29, 1.82) is 0 Å². The molecule has 0 aromatic carbocycles. The fraction of sp³-hybridized carbons (Fsp3) is 0.929. The summed E-state index contributed by atoms with van der Waals surface area (Å²) in [6.07, 6.45) is 6.90. The van der Waals surface area contributed by atoms with E-state index in [4.69, 9.17) is 9.47 Å². The van der Waals surface area contributed by atoms with Gasteiger partial charge in [0, 0.05) is 24.7 Å². The van der Waals surface area contributed by atoms with E-state index in [1.807, 2.05) is 0 Å². The first-order valence-electron chi connectivity index (χ1n) is 13.2. The van der Waals surface area contributed by atoms with Gasteiger partial charge in [0.15, 0.2) is 5.79 Å². The van der Waals surface area contributed by atoms with Crippen molar-refractivity contribution in [2.45, 2.75) is 105 Å². The smallest absolute Gasteiger partial charge is 0.302 e. The van der Waals surface area contributed by atoms with Gasteiger partial charge in [0.1, 0.15) is 11.9 Å². The van der Waals surface area contributed by atoms with Gasteiger partial charge in [0.25, 0.3) is 0 Å². The summed E-state index contributed by atoms with van der Waals surface area (Å²) in [5.41, 5.74) is -0.0647. The lowest BCUT2D eigenvalue weighted by molar-refractivity contribution is -0.240. The van der Waals surface area contributed by atoms with Crippen LogP contribution < -0.4 is 0 Å². The Bertz CT molecular complexity index is 862. The highest BCUT2D eigenvalue weighted by Crippen LogP contribution is 2.73. The van der Waals surface area contributed by atoms with Crippen LogP contribution in [0.1, 0.15) is 93.4 Å². The van der Waals surface area contributed by atoms with Crippen molar-refractivity contribution in [3.8, 4) is 0 Å². The zero-order valence-electron chi connectivity index (χ0n) is 21.7. The fourth-order valence-electron chi connectivity index (χ4n) is 10.5. The molecule has 33 heavy (non-hydrogen) atoms. The molecule has 4 aliphatic carbocycles. The Balaban J connectivity index is 1.59. The standard InChI is InChI=1S/C28H44O5/c1-16(29)33-18-13-21-26(5)12-9-19-24(2,3)10-8-11-25(19,4)20(26)14-22(30)27(21,6)17-15-32-28(7,31)23(17)18/h17-21,23,31H,8-15H2,1-7H3/t17-,18-,19+,20-,21+,23-,25-,26+,27+,28+/m0/s1. The van der Waals surface area contributed by atoms with Gasteiger partial charge < -0.3 is 14.6 Å². The van der Waals surface area contributed by atoms with E-state index in [9.17, 15) is 14.7 Å². The number of carbonyl (C=O) groups excluding carboxylic acids is 2. The summed E-state index contributed by atoms with van der Waals surface area (Å²) >= 11 is 0. The molecule has 1 aliphatic heterocycles. The molecule has 5 rings (SSSR count). The zero-order chi connectivity index (χ0) is 24.2. The van der Waals surface area contributed by atoms with Crippen LogP contribution in [0.5, 0.6) is 0 Å². The van der Waals surface area contributed by atoms with Crippen LogP contribution in [0.3, 0.4) is 0 Å². The maximum atomic E-state index is 14.2. The highest BCUT2D eigenvalue weighted by atomic mass is 16.6. The van der Waals surface area contributed by atoms with Crippen LogP contribution in [-0.2, 0) is 19.1 Å². The second-order valence-corrected chi connectivity index (χ2v) is 13.8. The maximum Gasteiger partial charge on any atom is 0.302 e. The molecule has 4 saturated carbocycles. The number of carbonyl (C=O) groups is 2. The molecule has 0 amide bonds. The van der Waals surface area contributed by atoms with E-state index in [-0.39, 0.29) is 34.6 Å². The number of hydrogen-bond acceptors (Lipinski definition) is 5. The van der Waals surface area contributed by atoms with Gasteiger partial charge in [-0.15, -0.1) is 0 Å². The third kappa shape index (κ3) is 3.03. The molecule has 5 fully saturated rings. The molecule has 1 saturated heterocycles. The first-order chi connectivity index (χ1) is 15.2. The average molecular weight is 461 g/mol. The number of ether oxygens (including phenoxy) is 2. The minimum atomic E-state index is -1.38. The predicted octanol–water partition coefficient (Wildman–Crippen LogP) is 5.14. The van der Waals surface area contributed by atoms with E-state index in [1.165, 1.54) is 32.6 Å². The molecular weight excluding hydrogens is 416 g/mol. The Morgan fingerprint density at radius 3 is 2.33 bits per heavy atom. The minimum absolute atomic E-state index is 0.0130. The third-order valence-corrected chi connectivity index (χ3v) is 11.9. The summed E-state index contributed by atoms with van der Waals surface area (Å²) in [7, 11) is 0. The number of ketones is 1. The molecule has 5 nitrogen and oxygen atoms in total. The van der Waals surface area contributed by atoms with Gasteiger partial charge in [-0.1, -0.05) is 41.0 Å². The molecule has 0 bridgehead atoms. The topological polar surface area (TPSA) is 72.8 Å². The van der Waals surface area contributed by atoms with Crippen molar-refractivity contribution >= 4 is 11.8 Å². The molecule has 1 N–H and O–H groups in total. The summed E-state index contributed by atoms with van der Waals surface area (Å²) < 4.78 is 11.7. The van der Waals surface area contributed by atoms with Crippen molar-refractivity contribution < 1.29 is 24.2 Å². The van der Waals surface area contributed by atoms with Crippen molar-refractivity contribution in [3.05, 3.63) is 0 Å². The van der Waals surface area contributed by atoms with E-state index in [1.54, 1.807) is 6.92 Å². The van der Waals surface area contributed by atoms with Gasteiger partial charge in [-0.05, 0) is 73.0 Å². The summed E-state index contributed by atoms with van der Waals surface area (Å²) in [6.45, 7) is 15.4. The Morgan fingerprint density at radius 2 is 1.67 bits per heavy atom. The quantitative estimate of drug-likeness (QED) is 0.549. The molecule has 1 heterocycles. The van der Waals surface area contributed by atoms with Gasteiger partial charge in [-0.3, -0.25) is 9.59 Å². The van der Waals surface area contributed by atoms with Crippen LogP contribution >= 0.6 is 0 Å². The lowest BCUT2D eigenvalue weighted by Gasteiger charge is -2.70. The Morgan fingerprint density at radius 1 is 1.00 bits per heavy atom. The number of fused-ring (bicyclic) bond motifs is 7. The predicted molar refractivity (Wildman–Crippen MR) is 125 cm³/mol. The second-order valence-electron chi connectivity index (χ2n) is 13.8. The molecular formula is C28H44O5. The number of hydrogen-bond donors (Lipinski definition) is 1. The Hall–Kier alpha value is -0.940. The van der Waals surface area contributed by atoms with E-state index >= 15 is 0 Å².